The first-order valence-electron chi connectivity index (χ1n) is 0.612. The van der Waals surface area contributed by atoms with Gasteiger partial charge in [0.1, 0.15) is 0 Å². The van der Waals surface area contributed by atoms with Gasteiger partial charge >= 0.3 is 113 Å². The van der Waals surface area contributed by atoms with E-state index in [9.17, 15) is 0 Å². The predicted octanol–water partition coefficient (Wildman–Crippen LogP) is -8.77. The number of hydrogen-bond acceptors (Lipinski definition) is 4. The Bertz CT molecular complexity index is 54.9. The second-order valence-corrected chi connectivity index (χ2v) is 0.250. The summed E-state index contributed by atoms with van der Waals surface area (Å²) in [5.74, 6) is 0. The molecule has 11 heavy (non-hydrogen) atoms. The normalized spacial score (nSPS) is 2.18. The van der Waals surface area contributed by atoms with Gasteiger partial charge < -0.3 is 48.8 Å². The fourth-order valence-electron chi connectivity index (χ4n) is 0. The van der Waals surface area contributed by atoms with Crippen LogP contribution >= 0.6 is 12.4 Å². The number of hydrogen-bond donors (Lipinski definition) is 1. The Morgan fingerprint density at radius 1 is 1.00 bits per heavy atom. The summed E-state index contributed by atoms with van der Waals surface area (Å²) in [6, 6.07) is 0. The third-order valence-electron chi connectivity index (χ3n) is 0. The minimum absolute atomic E-state index is 0. The molecule has 0 atom stereocenters. The summed E-state index contributed by atoms with van der Waals surface area (Å²) < 4.78 is 0. The number of rotatable bonds is 0. The summed E-state index contributed by atoms with van der Waals surface area (Å²) in [7, 11) is 0. The van der Waals surface area contributed by atoms with E-state index in [1.54, 1.807) is 0 Å². The van der Waals surface area contributed by atoms with Crippen molar-refractivity contribution in [1.29, 1.82) is 0 Å². The van der Waals surface area contributed by atoms with Crippen LogP contribution in [0.3, 0.4) is 0 Å². The van der Waals surface area contributed by atoms with Crippen molar-refractivity contribution in [2.75, 3.05) is 0 Å². The van der Waals surface area contributed by atoms with E-state index in [-0.39, 0.29) is 159 Å². The summed E-state index contributed by atoms with van der Waals surface area (Å²) in [6.07, 6.45) is -2.33. The maximum absolute atomic E-state index is 8.33. The number of carboxylic acid groups (broad SMARTS) is 2. The van der Waals surface area contributed by atoms with Gasteiger partial charge in [-0.3, -0.25) is 0 Å². The first-order valence-corrected chi connectivity index (χ1v) is 0.612. The monoisotopic (exact) mass is 305 g/mol. The van der Waals surface area contributed by atoms with E-state index >= 15 is 0 Å². The summed E-state index contributed by atoms with van der Waals surface area (Å²) in [5, 5.41) is 16.7. The van der Waals surface area contributed by atoms with Crippen LogP contribution in [0.2, 0.25) is 0 Å². The molecule has 10 heteroatoms. The fourth-order valence-corrected chi connectivity index (χ4v) is 0. The molecule has 0 rings (SSSR count). The van der Waals surface area contributed by atoms with Gasteiger partial charge in [-0.1, -0.05) is 0 Å². The minimum atomic E-state index is -2.33. The molecule has 0 bridgehead atoms. The molecule has 4 nitrogen and oxygen atoms in total. The molecule has 60 valence electrons. The van der Waals surface area contributed by atoms with Crippen LogP contribution in [0.1, 0.15) is 2.85 Å². The van der Waals surface area contributed by atoms with Crippen LogP contribution in [0.15, 0.2) is 0 Å². The van der Waals surface area contributed by atoms with Gasteiger partial charge in [-0.2, -0.15) is 0 Å². The molecule has 0 spiro atoms. The van der Waals surface area contributed by atoms with E-state index in [1.165, 1.54) is 0 Å². The van der Waals surface area contributed by atoms with E-state index < -0.39 is 6.16 Å². The van der Waals surface area contributed by atoms with Crippen molar-refractivity contribution in [3.8, 4) is 0 Å². The van der Waals surface area contributed by atoms with Crippen molar-refractivity contribution in [1.82, 2.24) is 6.15 Å². The van der Waals surface area contributed by atoms with Crippen molar-refractivity contribution < 1.29 is 42.7 Å². The van der Waals surface area contributed by atoms with Crippen molar-refractivity contribution in [2.24, 2.45) is 0 Å². The second kappa shape index (κ2) is 48.6. The summed E-state index contributed by atoms with van der Waals surface area (Å²) in [4.78, 5) is 8.33. The van der Waals surface area contributed by atoms with Crippen LogP contribution in [-0.2, 0) is 0 Å². The standard InChI is InChI=1S/CH2O3.3Ca.3ClH.H3N.2H/c2-1(3)4;;;;;;;;;/h(H2,2,3,4);;;;3*1H;1H3;;/q;3*+2;;;;;2*-1/p-4. The second-order valence-electron chi connectivity index (χ2n) is 0.250. The molecule has 0 fully saturated rings. The van der Waals surface area contributed by atoms with Gasteiger partial charge in [0.2, 0.25) is 0 Å². The molecule has 0 amide bonds. The quantitative estimate of drug-likeness (QED) is 0.449. The average Bonchev–Trinajstić information content (AvgIpc) is 0.811. The van der Waals surface area contributed by atoms with E-state index in [4.69, 9.17) is 15.0 Å². The zero-order valence-electron chi connectivity index (χ0n) is 7.72. The van der Waals surface area contributed by atoms with Gasteiger partial charge in [0.15, 0.2) is 0 Å². The number of halogens is 3. The van der Waals surface area contributed by atoms with Crippen LogP contribution in [0.4, 0.5) is 4.79 Å². The molecule has 0 saturated heterocycles. The van der Waals surface area contributed by atoms with Gasteiger partial charge in [0.05, 0.1) is 0 Å². The first kappa shape index (κ1) is 60.6. The molecule has 0 aliphatic carbocycles. The molecule has 0 heterocycles. The molecule has 0 saturated carbocycles. The number of carbonyl (C=O) groups is 1. The van der Waals surface area contributed by atoms with Crippen LogP contribution in [0.5, 0.6) is 0 Å². The third-order valence-corrected chi connectivity index (χ3v) is 0. The largest absolute Gasteiger partial charge is 2.00 e. The van der Waals surface area contributed by atoms with Gasteiger partial charge in [0.25, 0.3) is 0 Å². The Labute approximate surface area is 176 Å². The van der Waals surface area contributed by atoms with Crippen LogP contribution < -0.4 is 41.2 Å². The Kier molecular flexibility index (Phi) is 268. The van der Waals surface area contributed by atoms with Crippen LogP contribution in [0, 0.1) is 0 Å². The van der Waals surface area contributed by atoms with Crippen molar-refractivity contribution in [3.05, 3.63) is 0 Å². The Morgan fingerprint density at radius 3 is 1.00 bits per heavy atom. The van der Waals surface area contributed by atoms with Crippen molar-refractivity contribution >= 4 is 132 Å². The molecule has 0 unspecified atom stereocenters. The Morgan fingerprint density at radius 2 is 1.00 bits per heavy atom. The molecular formula is CH6Ca3Cl3NO3. The van der Waals surface area contributed by atoms with Crippen molar-refractivity contribution in [3.63, 3.8) is 0 Å². The van der Waals surface area contributed by atoms with Crippen LogP contribution in [0.25, 0.3) is 0 Å². The molecular weight excluding hydrogens is 301 g/mol. The summed E-state index contributed by atoms with van der Waals surface area (Å²) >= 11 is 0. The summed E-state index contributed by atoms with van der Waals surface area (Å²) in [6.45, 7) is 0. The van der Waals surface area contributed by atoms with Crippen LogP contribution in [-0.4, -0.2) is 119 Å². The van der Waals surface area contributed by atoms with E-state index in [2.05, 4.69) is 0 Å². The van der Waals surface area contributed by atoms with Gasteiger partial charge in [-0.15, -0.1) is 12.4 Å². The topological polar surface area (TPSA) is 98.2 Å². The Balaban J connectivity index is -0.00000000125. The maximum Gasteiger partial charge on any atom is 2.00 e. The fraction of sp³-hybridized carbons (Fsp3) is 0. The SMILES string of the molecule is Cl.N.O=C([O-])[O-].[Ca+2].[Ca+2].[Ca+2].[Cl-].[Cl-].[H-].[H-]. The summed E-state index contributed by atoms with van der Waals surface area (Å²) in [5.41, 5.74) is 0. The molecule has 0 aliphatic rings. The maximum atomic E-state index is 8.33. The first-order chi connectivity index (χ1) is 1.73. The Hall–Kier alpha value is 3.88. The van der Waals surface area contributed by atoms with Crippen molar-refractivity contribution in [2.45, 2.75) is 0 Å². The molecule has 3 N–H and O–H groups in total. The number of carbonyl (C=O) groups excluding carboxylic acids is 1. The van der Waals surface area contributed by atoms with E-state index in [0.717, 1.165) is 0 Å². The zero-order chi connectivity index (χ0) is 3.58. The smallest absolute Gasteiger partial charge is 1.00 e. The van der Waals surface area contributed by atoms with Gasteiger partial charge in [-0.25, -0.2) is 0 Å². The van der Waals surface area contributed by atoms with E-state index in [1.807, 2.05) is 0 Å². The van der Waals surface area contributed by atoms with Gasteiger partial charge in [0, 0.05) is 0 Å². The predicted molar refractivity (Wildman–Crippen MR) is 37.2 cm³/mol. The van der Waals surface area contributed by atoms with E-state index in [0.29, 0.717) is 0 Å². The zero-order valence-corrected chi connectivity index (χ0v) is 14.7. The molecule has 0 aromatic rings. The molecule has 0 aromatic heterocycles. The minimum Gasteiger partial charge on any atom is -1.00 e. The molecule has 0 aliphatic heterocycles. The average molecular weight is 307 g/mol. The molecule has 0 aromatic carbocycles. The molecule has 0 radical (unpaired) electrons. The third kappa shape index (κ3) is 130. The van der Waals surface area contributed by atoms with Gasteiger partial charge in [-0.05, 0) is 6.16 Å².